The number of sulfonamides is 1. The number of morpholine rings is 1. The number of aryl methyl sites for hydroxylation is 3. The summed E-state index contributed by atoms with van der Waals surface area (Å²) in [4.78, 5) is 2.51. The Morgan fingerprint density at radius 2 is 1.72 bits per heavy atom. The highest BCUT2D eigenvalue weighted by molar-refractivity contribution is 7.89. The molecule has 29 heavy (non-hydrogen) atoms. The van der Waals surface area contributed by atoms with Crippen LogP contribution in [0.2, 0.25) is 0 Å². The van der Waals surface area contributed by atoms with Crippen molar-refractivity contribution in [2.24, 2.45) is 0 Å². The molecule has 0 amide bonds. The quantitative estimate of drug-likeness (QED) is 0.668. The fraction of sp³-hybridized carbons (Fsp3) is 0.455. The summed E-state index contributed by atoms with van der Waals surface area (Å²) in [6, 6.07) is 11.9. The largest absolute Gasteiger partial charge is 0.495 e. The molecule has 0 spiro atoms. The molecule has 0 aliphatic carbocycles. The van der Waals surface area contributed by atoms with Crippen LogP contribution in [0, 0.1) is 13.8 Å². The zero-order valence-electron chi connectivity index (χ0n) is 17.4. The van der Waals surface area contributed by atoms with Gasteiger partial charge in [-0.25, -0.2) is 13.1 Å². The van der Waals surface area contributed by atoms with Crippen molar-refractivity contribution in [2.45, 2.75) is 31.6 Å². The number of hydrogen-bond donors (Lipinski definition) is 1. The second-order valence-electron chi connectivity index (χ2n) is 7.35. The van der Waals surface area contributed by atoms with Crippen LogP contribution in [-0.4, -0.2) is 48.4 Å². The standard InChI is InChI=1S/C22H30N2O4S/c1-17-15-21(27-3)22(16-18(17)2)29(25,26)23-10-4-5-19-6-8-20(9-7-19)24-11-13-28-14-12-24/h6-9,15-16,23H,4-5,10-14H2,1-3H3. The number of methoxy groups -OCH3 is 1. The van der Waals surface area contributed by atoms with E-state index in [1.165, 1.54) is 18.4 Å². The molecule has 0 atom stereocenters. The molecule has 2 aromatic carbocycles. The molecule has 0 unspecified atom stereocenters. The first kappa shape index (κ1) is 21.6. The smallest absolute Gasteiger partial charge is 0.244 e. The molecule has 1 aliphatic heterocycles. The molecule has 1 fully saturated rings. The van der Waals surface area contributed by atoms with Crippen molar-refractivity contribution in [3.05, 3.63) is 53.1 Å². The highest BCUT2D eigenvalue weighted by atomic mass is 32.2. The predicted molar refractivity (Wildman–Crippen MR) is 115 cm³/mol. The van der Waals surface area contributed by atoms with Crippen molar-refractivity contribution in [3.8, 4) is 5.75 Å². The monoisotopic (exact) mass is 418 g/mol. The Morgan fingerprint density at radius 1 is 1.07 bits per heavy atom. The summed E-state index contributed by atoms with van der Waals surface area (Å²) in [5.74, 6) is 0.374. The molecule has 7 heteroatoms. The van der Waals surface area contributed by atoms with Gasteiger partial charge in [0.1, 0.15) is 10.6 Å². The van der Waals surface area contributed by atoms with Gasteiger partial charge in [-0.3, -0.25) is 0 Å². The molecule has 1 heterocycles. The highest BCUT2D eigenvalue weighted by Gasteiger charge is 2.20. The van der Waals surface area contributed by atoms with E-state index >= 15 is 0 Å². The van der Waals surface area contributed by atoms with Gasteiger partial charge in [-0.15, -0.1) is 0 Å². The molecule has 158 valence electrons. The van der Waals surface area contributed by atoms with Crippen LogP contribution in [0.1, 0.15) is 23.1 Å². The maximum atomic E-state index is 12.7. The first-order chi connectivity index (χ1) is 13.9. The third-order valence-corrected chi connectivity index (χ3v) is 6.80. The van der Waals surface area contributed by atoms with Gasteiger partial charge in [-0.05, 0) is 67.6 Å². The van der Waals surface area contributed by atoms with E-state index < -0.39 is 10.0 Å². The van der Waals surface area contributed by atoms with Crippen LogP contribution in [0.15, 0.2) is 41.3 Å². The number of rotatable bonds is 8. The minimum absolute atomic E-state index is 0.193. The normalized spacial score (nSPS) is 14.8. The number of anilines is 1. The average Bonchev–Trinajstić information content (AvgIpc) is 2.74. The van der Waals surface area contributed by atoms with Gasteiger partial charge in [0, 0.05) is 25.3 Å². The summed E-state index contributed by atoms with van der Waals surface area (Å²) >= 11 is 0. The maximum Gasteiger partial charge on any atom is 0.244 e. The second kappa shape index (κ2) is 9.61. The molecule has 0 saturated carbocycles. The van der Waals surface area contributed by atoms with Crippen molar-refractivity contribution in [2.75, 3.05) is 44.9 Å². The summed E-state index contributed by atoms with van der Waals surface area (Å²) in [5.41, 5.74) is 4.33. The molecule has 1 aliphatic rings. The molecule has 0 bridgehead atoms. The molecule has 0 aromatic heterocycles. The lowest BCUT2D eigenvalue weighted by molar-refractivity contribution is 0.122. The Kier molecular flexibility index (Phi) is 7.16. The summed E-state index contributed by atoms with van der Waals surface area (Å²) < 4.78 is 38.8. The summed E-state index contributed by atoms with van der Waals surface area (Å²) in [5, 5.41) is 0. The molecule has 1 N–H and O–H groups in total. The van der Waals surface area contributed by atoms with Crippen LogP contribution in [0.25, 0.3) is 0 Å². The zero-order valence-corrected chi connectivity index (χ0v) is 18.2. The summed E-state index contributed by atoms with van der Waals surface area (Å²) in [6.07, 6.45) is 1.54. The number of hydrogen-bond acceptors (Lipinski definition) is 5. The first-order valence-electron chi connectivity index (χ1n) is 9.97. The lowest BCUT2D eigenvalue weighted by atomic mass is 10.1. The van der Waals surface area contributed by atoms with Crippen molar-refractivity contribution in [3.63, 3.8) is 0 Å². The highest BCUT2D eigenvalue weighted by Crippen LogP contribution is 2.27. The second-order valence-corrected chi connectivity index (χ2v) is 9.09. The van der Waals surface area contributed by atoms with E-state index in [-0.39, 0.29) is 4.90 Å². The van der Waals surface area contributed by atoms with E-state index in [9.17, 15) is 8.42 Å². The van der Waals surface area contributed by atoms with Gasteiger partial charge < -0.3 is 14.4 Å². The zero-order chi connectivity index (χ0) is 20.9. The molecular weight excluding hydrogens is 388 g/mol. The van der Waals surface area contributed by atoms with Crippen molar-refractivity contribution in [1.29, 1.82) is 0 Å². The topological polar surface area (TPSA) is 67.9 Å². The predicted octanol–water partition coefficient (Wildman–Crippen LogP) is 3.06. The molecule has 1 saturated heterocycles. The molecule has 0 radical (unpaired) electrons. The van der Waals surface area contributed by atoms with Gasteiger partial charge in [0.05, 0.1) is 20.3 Å². The molecular formula is C22H30N2O4S. The van der Waals surface area contributed by atoms with Gasteiger partial charge in [0.15, 0.2) is 0 Å². The van der Waals surface area contributed by atoms with Gasteiger partial charge in [0.2, 0.25) is 10.0 Å². The first-order valence-corrected chi connectivity index (χ1v) is 11.5. The van der Waals surface area contributed by atoms with Crippen molar-refractivity contribution in [1.82, 2.24) is 4.72 Å². The fourth-order valence-corrected chi connectivity index (χ4v) is 4.71. The average molecular weight is 419 g/mol. The third kappa shape index (κ3) is 5.50. The Labute approximate surface area is 173 Å². The van der Waals surface area contributed by atoms with Crippen LogP contribution in [-0.2, 0) is 21.2 Å². The van der Waals surface area contributed by atoms with Gasteiger partial charge in [-0.2, -0.15) is 0 Å². The number of benzene rings is 2. The van der Waals surface area contributed by atoms with Gasteiger partial charge >= 0.3 is 0 Å². The van der Waals surface area contributed by atoms with Gasteiger partial charge in [-0.1, -0.05) is 12.1 Å². The SMILES string of the molecule is COc1cc(C)c(C)cc1S(=O)(=O)NCCCc1ccc(N2CCOCC2)cc1. The van der Waals surface area contributed by atoms with E-state index in [2.05, 4.69) is 33.9 Å². The number of ether oxygens (including phenoxy) is 2. The van der Waals surface area contributed by atoms with Crippen molar-refractivity contribution < 1.29 is 17.9 Å². The maximum absolute atomic E-state index is 12.7. The summed E-state index contributed by atoms with van der Waals surface area (Å²) in [6.45, 7) is 7.59. The lowest BCUT2D eigenvalue weighted by Gasteiger charge is -2.28. The van der Waals surface area contributed by atoms with E-state index in [4.69, 9.17) is 9.47 Å². The van der Waals surface area contributed by atoms with Crippen LogP contribution >= 0.6 is 0 Å². The van der Waals surface area contributed by atoms with Gasteiger partial charge in [0.25, 0.3) is 0 Å². The van der Waals surface area contributed by atoms with E-state index in [0.29, 0.717) is 12.3 Å². The van der Waals surface area contributed by atoms with Crippen LogP contribution in [0.3, 0.4) is 0 Å². The lowest BCUT2D eigenvalue weighted by Crippen LogP contribution is -2.36. The third-order valence-electron chi connectivity index (χ3n) is 5.32. The minimum Gasteiger partial charge on any atom is -0.495 e. The van der Waals surface area contributed by atoms with E-state index in [0.717, 1.165) is 50.3 Å². The molecule has 2 aromatic rings. The molecule has 6 nitrogen and oxygen atoms in total. The Hall–Kier alpha value is -2.09. The van der Waals surface area contributed by atoms with Crippen LogP contribution in [0.4, 0.5) is 5.69 Å². The number of nitrogens with zero attached hydrogens (tertiary/aromatic N) is 1. The fourth-order valence-electron chi connectivity index (χ4n) is 3.40. The Balaban J connectivity index is 1.54. The molecule has 3 rings (SSSR count). The Bertz CT molecular complexity index is 921. The van der Waals surface area contributed by atoms with E-state index in [1.807, 2.05) is 13.8 Å². The van der Waals surface area contributed by atoms with Crippen molar-refractivity contribution >= 4 is 15.7 Å². The minimum atomic E-state index is -3.61. The summed E-state index contributed by atoms with van der Waals surface area (Å²) in [7, 11) is -2.12. The van der Waals surface area contributed by atoms with Crippen LogP contribution < -0.4 is 14.4 Å². The van der Waals surface area contributed by atoms with E-state index in [1.54, 1.807) is 12.1 Å². The Morgan fingerprint density at radius 3 is 2.38 bits per heavy atom. The van der Waals surface area contributed by atoms with Crippen LogP contribution in [0.5, 0.6) is 5.75 Å². The number of nitrogens with one attached hydrogen (secondary N) is 1.